The number of amides is 1. The van der Waals surface area contributed by atoms with Crippen LogP contribution in [-0.2, 0) is 4.79 Å². The maximum absolute atomic E-state index is 13.2. The molecule has 3 N–H and O–H groups in total. The molecular formula is C24H29F2N7O2. The number of imidazole rings is 1. The molecule has 11 heteroatoms. The molecule has 0 spiro atoms. The van der Waals surface area contributed by atoms with Gasteiger partial charge in [-0.2, -0.15) is 0 Å². The molecule has 9 nitrogen and oxygen atoms in total. The van der Waals surface area contributed by atoms with Crippen molar-refractivity contribution in [1.82, 2.24) is 19.5 Å². The quantitative estimate of drug-likeness (QED) is 0.187. The Morgan fingerprint density at radius 2 is 2.06 bits per heavy atom. The predicted molar refractivity (Wildman–Crippen MR) is 130 cm³/mol. The fraction of sp³-hybridized carbons (Fsp3) is 0.375. The first-order valence-corrected chi connectivity index (χ1v) is 11.3. The maximum Gasteiger partial charge on any atom is 0.260 e. The van der Waals surface area contributed by atoms with Gasteiger partial charge in [0.05, 0.1) is 5.71 Å². The van der Waals surface area contributed by atoms with Gasteiger partial charge in [-0.15, -0.1) is 0 Å². The number of alkyl halides is 2. The van der Waals surface area contributed by atoms with Gasteiger partial charge in [-0.1, -0.05) is 31.2 Å². The average molecular weight is 486 g/mol. The molecule has 0 aromatic carbocycles. The molecule has 1 unspecified atom stereocenters. The largest absolute Gasteiger partial charge is 0.411 e. The molecule has 2 heterocycles. The van der Waals surface area contributed by atoms with Crippen LogP contribution in [0.4, 0.5) is 20.5 Å². The zero-order chi connectivity index (χ0) is 25.6. The molecule has 0 saturated heterocycles. The molecule has 3 rings (SSSR count). The van der Waals surface area contributed by atoms with Crippen molar-refractivity contribution in [3.8, 4) is 5.82 Å². The Morgan fingerprint density at radius 1 is 1.31 bits per heavy atom. The van der Waals surface area contributed by atoms with E-state index in [4.69, 9.17) is 0 Å². The summed E-state index contributed by atoms with van der Waals surface area (Å²) in [5.41, 5.74) is 3.07. The van der Waals surface area contributed by atoms with E-state index in [0.717, 1.165) is 23.3 Å². The number of carbonyl (C=O) groups is 1. The van der Waals surface area contributed by atoms with Crippen LogP contribution in [-0.4, -0.2) is 42.3 Å². The standard InChI is InChI=1S/C24H29F2N7O2/c1-5-8-16(19(7-3)32-35)11-15(4)18(6-2)30-23-27-9-10-33(23)21-12-20(28-14-29-21)31-22(34)17-13-24(17,25)26/h6,8-12,14,17,35H,5,7,13H2,1-4H3,(H,27,30)(H,28,29,31,34)/b15-11-,16-8+,18-6+,32-19-. The van der Waals surface area contributed by atoms with Crippen molar-refractivity contribution >= 4 is 23.4 Å². The van der Waals surface area contributed by atoms with E-state index < -0.39 is 24.2 Å². The lowest BCUT2D eigenvalue weighted by Gasteiger charge is -2.14. The molecule has 1 fully saturated rings. The molecule has 2 aromatic heterocycles. The second-order valence-electron chi connectivity index (χ2n) is 8.01. The molecule has 1 aliphatic rings. The highest BCUT2D eigenvalue weighted by atomic mass is 19.3. The second kappa shape index (κ2) is 11.0. The molecule has 35 heavy (non-hydrogen) atoms. The normalized spacial score (nSPS) is 18.4. The monoisotopic (exact) mass is 485 g/mol. The molecule has 0 aliphatic heterocycles. The molecule has 2 aromatic rings. The first-order chi connectivity index (χ1) is 16.7. The van der Waals surface area contributed by atoms with Crippen LogP contribution in [0.25, 0.3) is 5.82 Å². The Bertz CT molecular complexity index is 1200. The lowest BCUT2D eigenvalue weighted by molar-refractivity contribution is -0.119. The number of anilines is 2. The fourth-order valence-electron chi connectivity index (χ4n) is 3.48. The summed E-state index contributed by atoms with van der Waals surface area (Å²) in [7, 11) is 0. The molecule has 186 valence electrons. The van der Waals surface area contributed by atoms with Gasteiger partial charge in [0.15, 0.2) is 0 Å². The minimum atomic E-state index is -2.96. The van der Waals surface area contributed by atoms with Crippen molar-refractivity contribution < 1.29 is 18.8 Å². The number of aromatic nitrogens is 4. The third kappa shape index (κ3) is 6.17. The summed E-state index contributed by atoms with van der Waals surface area (Å²) in [4.78, 5) is 24.6. The third-order valence-corrected chi connectivity index (χ3v) is 5.48. The molecule has 1 amide bonds. The Balaban J connectivity index is 1.81. The van der Waals surface area contributed by atoms with Crippen LogP contribution in [0.3, 0.4) is 0 Å². The van der Waals surface area contributed by atoms with Gasteiger partial charge in [-0.05, 0) is 43.9 Å². The number of carbonyl (C=O) groups excluding carboxylic acids is 1. The number of hydrogen-bond acceptors (Lipinski definition) is 7. The van der Waals surface area contributed by atoms with Crippen molar-refractivity contribution in [2.75, 3.05) is 10.6 Å². The van der Waals surface area contributed by atoms with Crippen molar-refractivity contribution in [3.63, 3.8) is 0 Å². The second-order valence-corrected chi connectivity index (χ2v) is 8.01. The third-order valence-electron chi connectivity index (χ3n) is 5.48. The molecule has 0 radical (unpaired) electrons. The molecule has 0 bridgehead atoms. The molecule has 1 atom stereocenters. The summed E-state index contributed by atoms with van der Waals surface area (Å²) in [5, 5.41) is 18.4. The van der Waals surface area contributed by atoms with E-state index in [1.165, 1.54) is 12.4 Å². The highest BCUT2D eigenvalue weighted by Gasteiger charge is 2.61. The van der Waals surface area contributed by atoms with Crippen LogP contribution >= 0.6 is 0 Å². The van der Waals surface area contributed by atoms with Crippen LogP contribution in [0, 0.1) is 5.92 Å². The number of nitrogens with zero attached hydrogens (tertiary/aromatic N) is 5. The van der Waals surface area contributed by atoms with Gasteiger partial charge < -0.3 is 15.8 Å². The van der Waals surface area contributed by atoms with Crippen LogP contribution in [0.1, 0.15) is 47.0 Å². The molecule has 1 saturated carbocycles. The van der Waals surface area contributed by atoms with E-state index >= 15 is 0 Å². The highest BCUT2D eigenvalue weighted by molar-refractivity contribution is 6.02. The number of nitrogens with one attached hydrogen (secondary N) is 2. The number of rotatable bonds is 10. The Morgan fingerprint density at radius 3 is 2.66 bits per heavy atom. The topological polar surface area (TPSA) is 117 Å². The maximum atomic E-state index is 13.2. The summed E-state index contributed by atoms with van der Waals surface area (Å²) in [6.45, 7) is 7.73. The van der Waals surface area contributed by atoms with E-state index in [2.05, 4.69) is 30.7 Å². The van der Waals surface area contributed by atoms with Gasteiger partial charge in [0, 0.05) is 30.6 Å². The first-order valence-electron chi connectivity index (χ1n) is 11.3. The van der Waals surface area contributed by atoms with Gasteiger partial charge in [-0.3, -0.25) is 9.36 Å². The number of halogens is 2. The van der Waals surface area contributed by atoms with Gasteiger partial charge in [0.1, 0.15) is 23.9 Å². The van der Waals surface area contributed by atoms with Crippen molar-refractivity contribution in [3.05, 3.63) is 59.9 Å². The van der Waals surface area contributed by atoms with E-state index in [0.29, 0.717) is 23.9 Å². The first kappa shape index (κ1) is 25.7. The Labute approximate surface area is 202 Å². The van der Waals surface area contributed by atoms with E-state index in [9.17, 15) is 18.8 Å². The summed E-state index contributed by atoms with van der Waals surface area (Å²) in [5.74, 6) is -4.09. The zero-order valence-corrected chi connectivity index (χ0v) is 20.1. The zero-order valence-electron chi connectivity index (χ0n) is 20.1. The molecular weight excluding hydrogens is 456 g/mol. The minimum absolute atomic E-state index is 0.120. The van der Waals surface area contributed by atoms with Crippen LogP contribution in [0.5, 0.6) is 0 Å². The van der Waals surface area contributed by atoms with Gasteiger partial charge in [0.2, 0.25) is 11.9 Å². The predicted octanol–water partition coefficient (Wildman–Crippen LogP) is 5.09. The number of oxime groups is 1. The fourth-order valence-corrected chi connectivity index (χ4v) is 3.48. The average Bonchev–Trinajstić information content (AvgIpc) is 3.24. The lowest BCUT2D eigenvalue weighted by atomic mass is 10.0. The Kier molecular flexibility index (Phi) is 8.10. The van der Waals surface area contributed by atoms with Crippen molar-refractivity contribution in [2.45, 2.75) is 52.9 Å². The van der Waals surface area contributed by atoms with Gasteiger partial charge in [-0.25, -0.2) is 23.7 Å². The summed E-state index contributed by atoms with van der Waals surface area (Å²) < 4.78 is 28.0. The molecule has 1 aliphatic carbocycles. The summed E-state index contributed by atoms with van der Waals surface area (Å²) in [6, 6.07) is 1.48. The minimum Gasteiger partial charge on any atom is -0.411 e. The van der Waals surface area contributed by atoms with Crippen molar-refractivity contribution in [1.29, 1.82) is 0 Å². The van der Waals surface area contributed by atoms with E-state index in [1.54, 1.807) is 17.0 Å². The highest BCUT2D eigenvalue weighted by Crippen LogP contribution is 2.49. The van der Waals surface area contributed by atoms with E-state index in [-0.39, 0.29) is 5.82 Å². The number of allylic oxidation sites excluding steroid dienone is 5. The van der Waals surface area contributed by atoms with Crippen LogP contribution in [0.2, 0.25) is 0 Å². The number of hydrogen-bond donors (Lipinski definition) is 3. The van der Waals surface area contributed by atoms with Crippen molar-refractivity contribution in [2.24, 2.45) is 11.1 Å². The van der Waals surface area contributed by atoms with Crippen LogP contribution < -0.4 is 10.6 Å². The SMILES string of the molecule is C\C=C(Nc1nccn1-c1cc(NC(=O)C2CC2(F)F)ncn1)/C(C)=C\C(=C/CC)C(\CC)=N/O. The van der Waals surface area contributed by atoms with E-state index in [1.807, 2.05) is 45.9 Å². The summed E-state index contributed by atoms with van der Waals surface area (Å²) in [6.07, 6.45) is 11.2. The van der Waals surface area contributed by atoms with Crippen LogP contribution in [0.15, 0.2) is 65.0 Å². The lowest BCUT2D eigenvalue weighted by Crippen LogP contribution is -2.18. The smallest absolute Gasteiger partial charge is 0.260 e. The van der Waals surface area contributed by atoms with Gasteiger partial charge in [0.25, 0.3) is 5.92 Å². The Hall–Kier alpha value is -3.89. The van der Waals surface area contributed by atoms with Gasteiger partial charge >= 0.3 is 0 Å². The summed E-state index contributed by atoms with van der Waals surface area (Å²) >= 11 is 0.